The molecule has 1 aromatic heterocycles. The monoisotopic (exact) mass is 327 g/mol. The molecule has 1 fully saturated rings. The van der Waals surface area contributed by atoms with Gasteiger partial charge in [0.1, 0.15) is 16.2 Å². The largest absolute Gasteiger partial charge is 0.369 e. The van der Waals surface area contributed by atoms with Gasteiger partial charge in [0.25, 0.3) is 0 Å². The van der Waals surface area contributed by atoms with Gasteiger partial charge >= 0.3 is 0 Å². The number of piperazine rings is 1. The van der Waals surface area contributed by atoms with E-state index in [1.807, 2.05) is 6.07 Å². The van der Waals surface area contributed by atoms with Crippen LogP contribution in [0.1, 0.15) is 12.7 Å². The molecule has 0 spiro atoms. The second-order valence-corrected chi connectivity index (χ2v) is 5.73. The van der Waals surface area contributed by atoms with Gasteiger partial charge in [0.2, 0.25) is 0 Å². The fraction of sp³-hybridized carbons (Fsp3) is 0.692. The number of likely N-dealkylation sites (N-methyl/N-ethyl adjacent to an activating group) is 1. The average Bonchev–Trinajstić information content (AvgIpc) is 2.40. The molecular weight excluding hydrogens is 306 g/mol. The maximum absolute atomic E-state index is 4.47. The number of rotatable bonds is 5. The number of aryl methyl sites for hydroxylation is 1. The molecule has 1 aliphatic rings. The van der Waals surface area contributed by atoms with Gasteiger partial charge in [-0.05, 0) is 23.0 Å². The van der Waals surface area contributed by atoms with Gasteiger partial charge in [0.15, 0.2) is 0 Å². The van der Waals surface area contributed by atoms with E-state index in [4.69, 9.17) is 0 Å². The van der Waals surface area contributed by atoms with Gasteiger partial charge in [-0.2, -0.15) is 0 Å². The van der Waals surface area contributed by atoms with Crippen LogP contribution in [0.3, 0.4) is 0 Å². The lowest BCUT2D eigenvalue weighted by Gasteiger charge is -2.32. The minimum atomic E-state index is 0.849. The van der Waals surface area contributed by atoms with Crippen LogP contribution >= 0.6 is 15.9 Å². The summed E-state index contributed by atoms with van der Waals surface area (Å²) in [5.74, 6) is 1.78. The SMILES string of the molecule is CCc1nc(Br)cc(NCCN2CCN(C)CC2)n1. The molecule has 0 bridgehead atoms. The van der Waals surface area contributed by atoms with E-state index in [2.05, 4.69) is 55.0 Å². The number of halogens is 1. The van der Waals surface area contributed by atoms with Crippen LogP contribution in [0.5, 0.6) is 0 Å². The van der Waals surface area contributed by atoms with Gasteiger partial charge < -0.3 is 10.2 Å². The van der Waals surface area contributed by atoms with E-state index in [1.165, 1.54) is 13.1 Å². The third kappa shape index (κ3) is 4.71. The molecule has 0 radical (unpaired) electrons. The molecule has 2 heterocycles. The summed E-state index contributed by atoms with van der Waals surface area (Å²) in [7, 11) is 2.18. The van der Waals surface area contributed by atoms with Gasteiger partial charge in [-0.15, -0.1) is 0 Å². The van der Waals surface area contributed by atoms with E-state index < -0.39 is 0 Å². The standard InChI is InChI=1S/C13H22BrN5/c1-3-12-16-11(14)10-13(17-12)15-4-5-19-8-6-18(2)7-9-19/h10H,3-9H2,1-2H3,(H,15,16,17). The predicted octanol–water partition coefficient (Wildman–Crippen LogP) is 1.46. The topological polar surface area (TPSA) is 44.3 Å². The third-order valence-corrected chi connectivity index (χ3v) is 3.79. The molecule has 6 heteroatoms. The van der Waals surface area contributed by atoms with Crippen molar-refractivity contribution in [3.05, 3.63) is 16.5 Å². The minimum absolute atomic E-state index is 0.849. The van der Waals surface area contributed by atoms with Gasteiger partial charge in [0.05, 0.1) is 0 Å². The molecule has 2 rings (SSSR count). The van der Waals surface area contributed by atoms with Crippen LogP contribution < -0.4 is 5.32 Å². The molecular formula is C13H22BrN5. The van der Waals surface area contributed by atoms with E-state index in [-0.39, 0.29) is 0 Å². The molecule has 19 heavy (non-hydrogen) atoms. The summed E-state index contributed by atoms with van der Waals surface area (Å²) in [4.78, 5) is 13.6. The molecule has 0 atom stereocenters. The van der Waals surface area contributed by atoms with Gasteiger partial charge in [0, 0.05) is 51.8 Å². The third-order valence-electron chi connectivity index (χ3n) is 3.39. The smallest absolute Gasteiger partial charge is 0.131 e. The lowest BCUT2D eigenvalue weighted by atomic mass is 10.3. The summed E-state index contributed by atoms with van der Waals surface area (Å²) in [5.41, 5.74) is 0. The second-order valence-electron chi connectivity index (χ2n) is 4.92. The maximum Gasteiger partial charge on any atom is 0.131 e. The van der Waals surface area contributed by atoms with Crippen LogP contribution in [0.15, 0.2) is 10.7 Å². The average molecular weight is 328 g/mol. The minimum Gasteiger partial charge on any atom is -0.369 e. The fourth-order valence-electron chi connectivity index (χ4n) is 2.13. The molecule has 0 aliphatic carbocycles. The van der Waals surface area contributed by atoms with Crippen molar-refractivity contribution in [3.63, 3.8) is 0 Å². The molecule has 1 N–H and O–H groups in total. The van der Waals surface area contributed by atoms with E-state index in [0.29, 0.717) is 0 Å². The van der Waals surface area contributed by atoms with E-state index in [9.17, 15) is 0 Å². The van der Waals surface area contributed by atoms with Crippen molar-refractivity contribution >= 4 is 21.7 Å². The highest BCUT2D eigenvalue weighted by molar-refractivity contribution is 9.10. The highest BCUT2D eigenvalue weighted by Gasteiger charge is 2.12. The van der Waals surface area contributed by atoms with Crippen molar-refractivity contribution in [2.24, 2.45) is 0 Å². The molecule has 106 valence electrons. The number of aromatic nitrogens is 2. The van der Waals surface area contributed by atoms with Gasteiger partial charge in [-0.1, -0.05) is 6.92 Å². The van der Waals surface area contributed by atoms with Crippen LogP contribution in [0, 0.1) is 0 Å². The summed E-state index contributed by atoms with van der Waals surface area (Å²) in [6.45, 7) is 8.71. The van der Waals surface area contributed by atoms with Gasteiger partial charge in [-0.25, -0.2) is 9.97 Å². The molecule has 1 aliphatic heterocycles. The summed E-state index contributed by atoms with van der Waals surface area (Å²) in [6, 6.07) is 1.93. The van der Waals surface area contributed by atoms with Crippen molar-refractivity contribution in [3.8, 4) is 0 Å². The Balaban J connectivity index is 1.77. The number of nitrogens with one attached hydrogen (secondary N) is 1. The Morgan fingerprint density at radius 3 is 2.68 bits per heavy atom. The Morgan fingerprint density at radius 1 is 1.26 bits per heavy atom. The second kappa shape index (κ2) is 7.17. The molecule has 1 saturated heterocycles. The highest BCUT2D eigenvalue weighted by atomic mass is 79.9. The molecule has 5 nitrogen and oxygen atoms in total. The lowest BCUT2D eigenvalue weighted by Crippen LogP contribution is -2.45. The maximum atomic E-state index is 4.47. The first-order valence-corrected chi connectivity index (χ1v) is 7.65. The zero-order valence-corrected chi connectivity index (χ0v) is 13.3. The molecule has 0 aromatic carbocycles. The van der Waals surface area contributed by atoms with Crippen LogP contribution in [0.4, 0.5) is 5.82 Å². The summed E-state index contributed by atoms with van der Waals surface area (Å²) in [6.07, 6.45) is 0.854. The summed E-state index contributed by atoms with van der Waals surface area (Å²) < 4.78 is 0.849. The lowest BCUT2D eigenvalue weighted by molar-refractivity contribution is 0.158. The van der Waals surface area contributed by atoms with E-state index in [0.717, 1.165) is 48.8 Å². The first kappa shape index (κ1) is 14.7. The zero-order valence-electron chi connectivity index (χ0n) is 11.7. The molecule has 0 amide bonds. The molecule has 0 saturated carbocycles. The Labute approximate surface area is 123 Å². The van der Waals surface area contributed by atoms with Crippen molar-refractivity contribution in [2.45, 2.75) is 13.3 Å². The van der Waals surface area contributed by atoms with Crippen LogP contribution in [0.25, 0.3) is 0 Å². The first-order chi connectivity index (χ1) is 9.17. The molecule has 1 aromatic rings. The first-order valence-electron chi connectivity index (χ1n) is 6.85. The highest BCUT2D eigenvalue weighted by Crippen LogP contribution is 2.12. The zero-order chi connectivity index (χ0) is 13.7. The van der Waals surface area contributed by atoms with E-state index >= 15 is 0 Å². The van der Waals surface area contributed by atoms with Crippen molar-refractivity contribution in [1.29, 1.82) is 0 Å². The number of nitrogens with zero attached hydrogens (tertiary/aromatic N) is 4. The fourth-order valence-corrected chi connectivity index (χ4v) is 2.55. The van der Waals surface area contributed by atoms with E-state index in [1.54, 1.807) is 0 Å². The normalized spacial score (nSPS) is 17.6. The number of anilines is 1. The quantitative estimate of drug-likeness (QED) is 0.829. The van der Waals surface area contributed by atoms with Crippen LogP contribution in [-0.2, 0) is 6.42 Å². The van der Waals surface area contributed by atoms with Crippen molar-refractivity contribution in [1.82, 2.24) is 19.8 Å². The Bertz CT molecular complexity index is 404. The summed E-state index contributed by atoms with van der Waals surface area (Å²) in [5, 5.41) is 3.38. The van der Waals surface area contributed by atoms with Gasteiger partial charge in [-0.3, -0.25) is 4.90 Å². The Morgan fingerprint density at radius 2 is 2.00 bits per heavy atom. The Hall–Kier alpha value is -0.720. The van der Waals surface area contributed by atoms with Crippen molar-refractivity contribution in [2.75, 3.05) is 51.6 Å². The predicted molar refractivity (Wildman–Crippen MR) is 81.5 cm³/mol. The number of hydrogen-bond acceptors (Lipinski definition) is 5. The van der Waals surface area contributed by atoms with Crippen LogP contribution in [-0.4, -0.2) is 66.1 Å². The Kier molecular flexibility index (Phi) is 5.54. The van der Waals surface area contributed by atoms with Crippen molar-refractivity contribution < 1.29 is 0 Å². The van der Waals surface area contributed by atoms with Crippen LogP contribution in [0.2, 0.25) is 0 Å². The molecule has 0 unspecified atom stereocenters. The number of hydrogen-bond donors (Lipinski definition) is 1. The summed E-state index contributed by atoms with van der Waals surface area (Å²) >= 11 is 3.42.